The fraction of sp³-hybridized carbons (Fsp3) is 0.105. The molecule has 1 heterocycles. The van der Waals surface area contributed by atoms with Crippen molar-refractivity contribution in [3.8, 4) is 5.75 Å². The number of hydrogen-bond donors (Lipinski definition) is 3. The average Bonchev–Trinajstić information content (AvgIpc) is 2.99. The smallest absolute Gasteiger partial charge is 0.269 e. The normalized spacial score (nSPS) is 10.4. The highest BCUT2D eigenvalue weighted by Crippen LogP contribution is 2.37. The Kier molecular flexibility index (Phi) is 6.13. The van der Waals surface area contributed by atoms with Crippen molar-refractivity contribution < 1.29 is 14.3 Å². The largest absolute Gasteiger partial charge is 0.497 e. The number of nitrogens with one attached hydrogen (secondary N) is 3. The summed E-state index contributed by atoms with van der Waals surface area (Å²) in [6.07, 6.45) is 0. The van der Waals surface area contributed by atoms with E-state index in [4.69, 9.17) is 28.6 Å². The zero-order chi connectivity index (χ0) is 20.3. The van der Waals surface area contributed by atoms with Crippen LogP contribution in [-0.4, -0.2) is 24.0 Å². The molecule has 3 N–H and O–H groups in total. The molecule has 0 aliphatic carbocycles. The number of methoxy groups -OCH3 is 1. The van der Waals surface area contributed by atoms with Crippen molar-refractivity contribution in [2.45, 2.75) is 6.92 Å². The number of hydrogen-bond acceptors (Lipinski definition) is 5. The maximum absolute atomic E-state index is 12.6. The molecule has 3 rings (SSSR count). The standard InChI is InChI=1S/C19H16ClN3O3S2/c1-10(24)21-11-3-5-12(6-4-11)22-19(27)23-18(25)17-16(20)14-8-7-13(26-2)9-15(14)28-17/h3-9H,1-2H3,(H,21,24)(H2,22,23,25,27). The summed E-state index contributed by atoms with van der Waals surface area (Å²) >= 11 is 12.8. The third-order valence-electron chi connectivity index (χ3n) is 3.73. The number of thiophene rings is 1. The van der Waals surface area contributed by atoms with E-state index >= 15 is 0 Å². The molecule has 6 nitrogen and oxygen atoms in total. The number of ether oxygens (including phenoxy) is 1. The van der Waals surface area contributed by atoms with E-state index in [1.807, 2.05) is 12.1 Å². The zero-order valence-corrected chi connectivity index (χ0v) is 17.3. The first-order valence-corrected chi connectivity index (χ1v) is 9.73. The van der Waals surface area contributed by atoms with Crippen molar-refractivity contribution >= 4 is 73.5 Å². The molecule has 3 aromatic rings. The molecule has 0 atom stereocenters. The molecule has 0 saturated carbocycles. The number of carbonyl (C=O) groups is 2. The van der Waals surface area contributed by atoms with Crippen LogP contribution in [0.2, 0.25) is 5.02 Å². The third kappa shape index (κ3) is 4.59. The van der Waals surface area contributed by atoms with Gasteiger partial charge in [-0.3, -0.25) is 14.9 Å². The van der Waals surface area contributed by atoms with Crippen LogP contribution in [0, 0.1) is 0 Å². The van der Waals surface area contributed by atoms with Crippen LogP contribution >= 0.6 is 35.2 Å². The van der Waals surface area contributed by atoms with Gasteiger partial charge in [0, 0.05) is 28.4 Å². The molecular weight excluding hydrogens is 418 g/mol. The minimum Gasteiger partial charge on any atom is -0.497 e. The van der Waals surface area contributed by atoms with Crippen LogP contribution < -0.4 is 20.7 Å². The summed E-state index contributed by atoms with van der Waals surface area (Å²) in [7, 11) is 1.58. The Hall–Kier alpha value is -2.68. The minimum absolute atomic E-state index is 0.142. The predicted molar refractivity (Wildman–Crippen MR) is 118 cm³/mol. The lowest BCUT2D eigenvalue weighted by Gasteiger charge is -2.10. The summed E-state index contributed by atoms with van der Waals surface area (Å²) in [5, 5.41) is 9.53. The Balaban J connectivity index is 1.68. The molecule has 144 valence electrons. The van der Waals surface area contributed by atoms with Crippen LogP contribution in [-0.2, 0) is 4.79 Å². The SMILES string of the molecule is COc1ccc2c(Cl)c(C(=O)NC(=S)Nc3ccc(NC(C)=O)cc3)sc2c1. The number of rotatable bonds is 4. The van der Waals surface area contributed by atoms with Gasteiger partial charge < -0.3 is 15.4 Å². The second-order valence-corrected chi connectivity index (χ2v) is 7.61. The van der Waals surface area contributed by atoms with E-state index in [0.717, 1.165) is 10.1 Å². The van der Waals surface area contributed by atoms with Crippen LogP contribution in [0.4, 0.5) is 11.4 Å². The highest BCUT2D eigenvalue weighted by atomic mass is 35.5. The van der Waals surface area contributed by atoms with Gasteiger partial charge in [-0.15, -0.1) is 11.3 Å². The molecule has 1 aromatic heterocycles. The minimum atomic E-state index is -0.391. The summed E-state index contributed by atoms with van der Waals surface area (Å²) in [5.74, 6) is 0.149. The topological polar surface area (TPSA) is 79.5 Å². The fourth-order valence-corrected chi connectivity index (χ4v) is 4.13. The monoisotopic (exact) mass is 433 g/mol. The summed E-state index contributed by atoms with van der Waals surface area (Å²) in [5.41, 5.74) is 1.34. The molecule has 9 heteroatoms. The van der Waals surface area contributed by atoms with Crippen molar-refractivity contribution in [2.75, 3.05) is 17.7 Å². The molecule has 0 saturated heterocycles. The fourth-order valence-electron chi connectivity index (χ4n) is 2.48. The molecule has 0 aliphatic heterocycles. The summed E-state index contributed by atoms with van der Waals surface area (Å²) in [6, 6.07) is 12.4. The van der Waals surface area contributed by atoms with Gasteiger partial charge >= 0.3 is 0 Å². The number of halogens is 1. The predicted octanol–water partition coefficient (Wildman–Crippen LogP) is 4.65. The number of benzene rings is 2. The van der Waals surface area contributed by atoms with Crippen LogP contribution in [0.15, 0.2) is 42.5 Å². The van der Waals surface area contributed by atoms with Crippen molar-refractivity contribution in [2.24, 2.45) is 0 Å². The zero-order valence-electron chi connectivity index (χ0n) is 15.0. The molecular formula is C19H16ClN3O3S2. The molecule has 2 aromatic carbocycles. The lowest BCUT2D eigenvalue weighted by Crippen LogP contribution is -2.33. The third-order valence-corrected chi connectivity index (χ3v) is 5.59. The quantitative estimate of drug-likeness (QED) is 0.522. The molecule has 28 heavy (non-hydrogen) atoms. The molecule has 0 bridgehead atoms. The van der Waals surface area contributed by atoms with Gasteiger partial charge in [0.15, 0.2) is 5.11 Å². The highest BCUT2D eigenvalue weighted by molar-refractivity contribution is 7.80. The number of carbonyl (C=O) groups excluding carboxylic acids is 2. The van der Waals surface area contributed by atoms with E-state index in [1.54, 1.807) is 37.4 Å². The van der Waals surface area contributed by atoms with E-state index < -0.39 is 5.91 Å². The Bertz CT molecular complexity index is 1060. The van der Waals surface area contributed by atoms with Crippen LogP contribution in [0.3, 0.4) is 0 Å². The Morgan fingerprint density at radius 3 is 2.32 bits per heavy atom. The molecule has 0 aliphatic rings. The Labute approximate surface area is 175 Å². The Morgan fingerprint density at radius 2 is 1.71 bits per heavy atom. The van der Waals surface area contributed by atoms with E-state index in [-0.39, 0.29) is 11.0 Å². The van der Waals surface area contributed by atoms with Gasteiger partial charge in [0.2, 0.25) is 5.91 Å². The Morgan fingerprint density at radius 1 is 1.07 bits per heavy atom. The molecule has 0 spiro atoms. The van der Waals surface area contributed by atoms with Crippen molar-refractivity contribution in [1.82, 2.24) is 5.32 Å². The van der Waals surface area contributed by atoms with Gasteiger partial charge in [-0.05, 0) is 54.7 Å². The molecule has 0 radical (unpaired) electrons. The van der Waals surface area contributed by atoms with E-state index in [9.17, 15) is 9.59 Å². The van der Waals surface area contributed by atoms with Crippen LogP contribution in [0.1, 0.15) is 16.6 Å². The van der Waals surface area contributed by atoms with E-state index in [1.165, 1.54) is 18.3 Å². The lowest BCUT2D eigenvalue weighted by atomic mass is 10.2. The maximum atomic E-state index is 12.6. The number of thiocarbonyl (C=S) groups is 1. The van der Waals surface area contributed by atoms with Crippen molar-refractivity contribution in [1.29, 1.82) is 0 Å². The number of anilines is 2. The lowest BCUT2D eigenvalue weighted by molar-refractivity contribution is -0.114. The second kappa shape index (κ2) is 8.55. The van der Waals surface area contributed by atoms with Crippen LogP contribution in [0.25, 0.3) is 10.1 Å². The van der Waals surface area contributed by atoms with E-state index in [0.29, 0.717) is 27.0 Å². The summed E-state index contributed by atoms with van der Waals surface area (Å²) in [4.78, 5) is 24.0. The number of amides is 2. The first kappa shape index (κ1) is 20.1. The van der Waals surface area contributed by atoms with Gasteiger partial charge in [0.1, 0.15) is 10.6 Å². The summed E-state index contributed by atoms with van der Waals surface area (Å²) in [6.45, 7) is 1.44. The van der Waals surface area contributed by atoms with Gasteiger partial charge in [0.25, 0.3) is 5.91 Å². The highest BCUT2D eigenvalue weighted by Gasteiger charge is 2.18. The van der Waals surface area contributed by atoms with Gasteiger partial charge in [0.05, 0.1) is 12.1 Å². The average molecular weight is 434 g/mol. The van der Waals surface area contributed by atoms with Crippen LogP contribution in [0.5, 0.6) is 5.75 Å². The number of fused-ring (bicyclic) bond motifs is 1. The molecule has 2 amide bonds. The maximum Gasteiger partial charge on any atom is 0.269 e. The second-order valence-electron chi connectivity index (χ2n) is 5.77. The van der Waals surface area contributed by atoms with Gasteiger partial charge in [-0.25, -0.2) is 0 Å². The van der Waals surface area contributed by atoms with Crippen molar-refractivity contribution in [3.05, 3.63) is 52.4 Å². The summed E-state index contributed by atoms with van der Waals surface area (Å²) < 4.78 is 6.05. The first-order valence-electron chi connectivity index (χ1n) is 8.13. The van der Waals surface area contributed by atoms with Gasteiger partial charge in [-0.1, -0.05) is 11.6 Å². The van der Waals surface area contributed by atoms with E-state index in [2.05, 4.69) is 16.0 Å². The van der Waals surface area contributed by atoms with Gasteiger partial charge in [-0.2, -0.15) is 0 Å². The molecule has 0 unspecified atom stereocenters. The molecule has 0 fully saturated rings. The first-order chi connectivity index (χ1) is 13.4. The van der Waals surface area contributed by atoms with Crippen molar-refractivity contribution in [3.63, 3.8) is 0 Å².